The number of rotatable bonds is 2. The van der Waals surface area contributed by atoms with E-state index in [2.05, 4.69) is 41.2 Å². The molecule has 0 radical (unpaired) electrons. The topological polar surface area (TPSA) is 61.6 Å². The number of likely N-dealkylation sites (N-methyl/N-ethyl adjacent to an activating group) is 1. The molecule has 1 aromatic heterocycles. The molecule has 2 aromatic rings. The summed E-state index contributed by atoms with van der Waals surface area (Å²) < 4.78 is 1.76. The van der Waals surface area contributed by atoms with Crippen LogP contribution in [-0.4, -0.2) is 69.2 Å². The number of aliphatic hydroxyl groups excluding tert-OH is 1. The van der Waals surface area contributed by atoms with Gasteiger partial charge in [-0.25, -0.2) is 4.98 Å². The number of aliphatic hydroxyl groups is 1. The Morgan fingerprint density at radius 2 is 1.96 bits per heavy atom. The molecule has 1 amide bonds. The Kier molecular flexibility index (Phi) is 4.54. The molecule has 4 rings (SSSR count). The maximum absolute atomic E-state index is 12.9. The van der Waals surface area contributed by atoms with Crippen molar-refractivity contribution in [3.63, 3.8) is 0 Å². The molecule has 2 saturated heterocycles. The summed E-state index contributed by atoms with van der Waals surface area (Å²) in [4.78, 5) is 21.3. The van der Waals surface area contributed by atoms with Crippen LogP contribution in [0.3, 0.4) is 0 Å². The number of imidazole rings is 1. The van der Waals surface area contributed by atoms with Gasteiger partial charge in [0, 0.05) is 57.0 Å². The van der Waals surface area contributed by atoms with Gasteiger partial charge in [-0.15, -0.1) is 0 Å². The largest absolute Gasteiger partial charge is 0.393 e. The number of carbonyl (C=O) groups is 1. The number of carbonyl (C=O) groups excluding carboxylic acids is 1. The Hall–Kier alpha value is -2.18. The fraction of sp³-hybridized carbons (Fsp3) is 0.500. The first-order chi connectivity index (χ1) is 12.6. The summed E-state index contributed by atoms with van der Waals surface area (Å²) in [6.45, 7) is 2.10. The van der Waals surface area contributed by atoms with Crippen LogP contribution in [0.4, 0.5) is 0 Å². The molecule has 1 N–H and O–H groups in total. The van der Waals surface area contributed by atoms with Gasteiger partial charge in [0.15, 0.2) is 5.82 Å². The van der Waals surface area contributed by atoms with Crippen molar-refractivity contribution in [3.05, 3.63) is 54.1 Å². The molecule has 2 fully saturated rings. The van der Waals surface area contributed by atoms with Gasteiger partial charge in [0.05, 0.1) is 6.10 Å². The van der Waals surface area contributed by atoms with Crippen molar-refractivity contribution in [1.29, 1.82) is 0 Å². The van der Waals surface area contributed by atoms with E-state index in [4.69, 9.17) is 0 Å². The van der Waals surface area contributed by atoms with Crippen molar-refractivity contribution < 1.29 is 9.90 Å². The van der Waals surface area contributed by atoms with Gasteiger partial charge < -0.3 is 19.5 Å². The lowest BCUT2D eigenvalue weighted by molar-refractivity contribution is 0.0707. The van der Waals surface area contributed by atoms with Crippen molar-refractivity contribution in [3.8, 4) is 0 Å². The maximum atomic E-state index is 12.9. The van der Waals surface area contributed by atoms with E-state index in [-0.39, 0.29) is 17.9 Å². The van der Waals surface area contributed by atoms with Crippen molar-refractivity contribution >= 4 is 5.91 Å². The normalized spacial score (nSPS) is 29.4. The summed E-state index contributed by atoms with van der Waals surface area (Å²) in [5.74, 6) is 0.839. The first-order valence-electron chi connectivity index (χ1n) is 9.26. The van der Waals surface area contributed by atoms with Gasteiger partial charge >= 0.3 is 0 Å². The highest BCUT2D eigenvalue weighted by molar-refractivity contribution is 5.90. The molecule has 138 valence electrons. The Balaban J connectivity index is 1.60. The minimum Gasteiger partial charge on any atom is -0.393 e. The Bertz CT molecular complexity index is 775. The molecule has 6 heteroatoms. The number of nitrogens with zero attached hydrogens (tertiary/aromatic N) is 4. The van der Waals surface area contributed by atoms with E-state index in [1.807, 2.05) is 18.0 Å². The molecule has 4 atom stereocenters. The molecule has 0 unspecified atom stereocenters. The van der Waals surface area contributed by atoms with Gasteiger partial charge in [-0.3, -0.25) is 4.79 Å². The van der Waals surface area contributed by atoms with Crippen LogP contribution < -0.4 is 0 Å². The average molecular weight is 354 g/mol. The number of aromatic nitrogens is 2. The zero-order chi connectivity index (χ0) is 18.3. The van der Waals surface area contributed by atoms with Gasteiger partial charge in [0.1, 0.15) is 0 Å². The number of hydrogen-bond donors (Lipinski definition) is 1. The molecule has 0 saturated carbocycles. The zero-order valence-corrected chi connectivity index (χ0v) is 15.3. The minimum atomic E-state index is -0.408. The summed E-state index contributed by atoms with van der Waals surface area (Å²) in [5.41, 5.74) is 1.27. The van der Waals surface area contributed by atoms with Gasteiger partial charge in [0.25, 0.3) is 5.91 Å². The zero-order valence-electron chi connectivity index (χ0n) is 15.3. The van der Waals surface area contributed by atoms with Gasteiger partial charge in [-0.2, -0.15) is 0 Å². The quantitative estimate of drug-likeness (QED) is 0.884. The number of amides is 1. The Morgan fingerprint density at radius 1 is 1.19 bits per heavy atom. The highest BCUT2D eigenvalue weighted by Gasteiger charge is 2.47. The number of hydrogen-bond acceptors (Lipinski definition) is 4. The molecule has 3 heterocycles. The molecule has 26 heavy (non-hydrogen) atoms. The fourth-order valence-electron chi connectivity index (χ4n) is 4.64. The third kappa shape index (κ3) is 2.93. The van der Waals surface area contributed by atoms with E-state index in [0.717, 1.165) is 6.54 Å². The van der Waals surface area contributed by atoms with Crippen LogP contribution >= 0.6 is 0 Å². The van der Waals surface area contributed by atoms with Gasteiger partial charge in [0.2, 0.25) is 0 Å². The van der Waals surface area contributed by atoms with Crippen LogP contribution in [0.5, 0.6) is 0 Å². The second-order valence-electron chi connectivity index (χ2n) is 7.57. The maximum Gasteiger partial charge on any atom is 0.289 e. The molecular formula is C20H26N4O2. The van der Waals surface area contributed by atoms with Crippen LogP contribution in [0.15, 0.2) is 42.7 Å². The van der Waals surface area contributed by atoms with E-state index in [0.29, 0.717) is 31.3 Å². The van der Waals surface area contributed by atoms with Crippen LogP contribution in [0.1, 0.15) is 28.5 Å². The summed E-state index contributed by atoms with van der Waals surface area (Å²) in [7, 11) is 3.94. The summed E-state index contributed by atoms with van der Waals surface area (Å²) in [6.07, 6.45) is 3.63. The van der Waals surface area contributed by atoms with E-state index in [9.17, 15) is 9.90 Å². The predicted octanol–water partition coefficient (Wildman–Crippen LogP) is 1.34. The molecule has 2 aliphatic rings. The second-order valence-corrected chi connectivity index (χ2v) is 7.57. The predicted molar refractivity (Wildman–Crippen MR) is 98.8 cm³/mol. The average Bonchev–Trinajstić information content (AvgIpc) is 3.16. The van der Waals surface area contributed by atoms with Gasteiger partial charge in [-0.1, -0.05) is 30.3 Å². The van der Waals surface area contributed by atoms with Gasteiger partial charge in [-0.05, 0) is 19.0 Å². The monoisotopic (exact) mass is 354 g/mol. The highest BCUT2D eigenvalue weighted by atomic mass is 16.3. The number of fused-ring (bicyclic) bond motifs is 1. The Labute approximate surface area is 154 Å². The fourth-order valence-corrected chi connectivity index (χ4v) is 4.64. The number of likely N-dealkylation sites (tertiary alicyclic amines) is 2. The van der Waals surface area contributed by atoms with E-state index >= 15 is 0 Å². The third-order valence-corrected chi connectivity index (χ3v) is 6.03. The van der Waals surface area contributed by atoms with Crippen LogP contribution in [-0.2, 0) is 7.05 Å². The van der Waals surface area contributed by atoms with Crippen LogP contribution in [0, 0.1) is 5.92 Å². The number of benzene rings is 1. The van der Waals surface area contributed by atoms with Crippen molar-refractivity contribution in [2.45, 2.75) is 24.5 Å². The standard InChI is InChI=1S/C20H26N4O2/c1-22-11-9-21-19(22)20(26)24-10-8-17(25)18-15(12-23(2)16(18)13-24)14-6-4-3-5-7-14/h3-7,9,11,15-18,25H,8,10,12-13H2,1-2H3/t15-,16+,17+,18-/m0/s1. The molecule has 6 nitrogen and oxygen atoms in total. The lowest BCUT2D eigenvalue weighted by atomic mass is 9.81. The molecular weight excluding hydrogens is 328 g/mol. The van der Waals surface area contributed by atoms with Crippen molar-refractivity contribution in [2.24, 2.45) is 13.0 Å². The molecule has 2 aliphatic heterocycles. The summed E-state index contributed by atoms with van der Waals surface area (Å²) in [5, 5.41) is 10.9. The first kappa shape index (κ1) is 17.2. The smallest absolute Gasteiger partial charge is 0.289 e. The third-order valence-electron chi connectivity index (χ3n) is 6.03. The SMILES string of the molecule is CN1C[C@@H](c2ccccc2)[C@@H]2[C@H](O)CCN(C(=O)c3nccn3C)C[C@H]21. The molecule has 1 aromatic carbocycles. The summed E-state index contributed by atoms with van der Waals surface area (Å²) >= 11 is 0. The molecule has 0 spiro atoms. The van der Waals surface area contributed by atoms with E-state index in [1.54, 1.807) is 17.0 Å². The van der Waals surface area contributed by atoms with E-state index < -0.39 is 6.10 Å². The molecule has 0 bridgehead atoms. The van der Waals surface area contributed by atoms with Crippen LogP contribution in [0.2, 0.25) is 0 Å². The Morgan fingerprint density at radius 3 is 2.65 bits per heavy atom. The second kappa shape index (κ2) is 6.85. The van der Waals surface area contributed by atoms with Crippen molar-refractivity contribution in [2.75, 3.05) is 26.7 Å². The lowest BCUT2D eigenvalue weighted by Crippen LogP contribution is -2.43. The summed E-state index contributed by atoms with van der Waals surface area (Å²) in [6, 6.07) is 10.6. The first-order valence-corrected chi connectivity index (χ1v) is 9.26. The van der Waals surface area contributed by atoms with Crippen LogP contribution in [0.25, 0.3) is 0 Å². The van der Waals surface area contributed by atoms with Crippen molar-refractivity contribution in [1.82, 2.24) is 19.4 Å². The minimum absolute atomic E-state index is 0.0538. The lowest BCUT2D eigenvalue weighted by Gasteiger charge is -2.29. The highest BCUT2D eigenvalue weighted by Crippen LogP contribution is 2.41. The van der Waals surface area contributed by atoms with E-state index in [1.165, 1.54) is 5.56 Å². The molecule has 0 aliphatic carbocycles. The number of aryl methyl sites for hydroxylation is 1.